The van der Waals surface area contributed by atoms with Crippen LogP contribution in [0.25, 0.3) is 0 Å². The fourth-order valence-corrected chi connectivity index (χ4v) is 2.64. The first-order chi connectivity index (χ1) is 14.4. The Morgan fingerprint density at radius 2 is 1.60 bits per heavy atom. The molecule has 1 heterocycles. The van der Waals surface area contributed by atoms with Crippen molar-refractivity contribution in [2.24, 2.45) is 0 Å². The van der Waals surface area contributed by atoms with Crippen LogP contribution in [0.3, 0.4) is 0 Å². The fraction of sp³-hybridized carbons (Fsp3) is 0.158. The SMILES string of the molecule is COc1ccc(Nc2nc(Nc3cc(OC)ccc3OC)nc(N)c2[N+](=O)[O-])cc1. The van der Waals surface area contributed by atoms with Gasteiger partial charge < -0.3 is 30.6 Å². The minimum atomic E-state index is -0.642. The largest absolute Gasteiger partial charge is 0.497 e. The summed E-state index contributed by atoms with van der Waals surface area (Å²) in [5.41, 5.74) is 6.48. The molecule has 0 saturated carbocycles. The van der Waals surface area contributed by atoms with E-state index in [-0.39, 0.29) is 17.6 Å². The highest BCUT2D eigenvalue weighted by atomic mass is 16.6. The van der Waals surface area contributed by atoms with Crippen molar-refractivity contribution in [2.75, 3.05) is 37.7 Å². The second-order valence-corrected chi connectivity index (χ2v) is 5.93. The molecule has 0 amide bonds. The molecule has 11 heteroatoms. The lowest BCUT2D eigenvalue weighted by Gasteiger charge is -2.13. The van der Waals surface area contributed by atoms with Gasteiger partial charge in [-0.15, -0.1) is 0 Å². The summed E-state index contributed by atoms with van der Waals surface area (Å²) in [6.45, 7) is 0. The minimum Gasteiger partial charge on any atom is -0.497 e. The molecule has 0 aliphatic carbocycles. The van der Waals surface area contributed by atoms with E-state index in [1.165, 1.54) is 14.2 Å². The van der Waals surface area contributed by atoms with Crippen molar-refractivity contribution < 1.29 is 19.1 Å². The molecular formula is C19H20N6O5. The lowest BCUT2D eigenvalue weighted by Crippen LogP contribution is -2.09. The van der Waals surface area contributed by atoms with Gasteiger partial charge in [0, 0.05) is 11.8 Å². The zero-order valence-corrected chi connectivity index (χ0v) is 16.5. The first kappa shape index (κ1) is 20.5. The Morgan fingerprint density at radius 1 is 0.933 bits per heavy atom. The van der Waals surface area contributed by atoms with Crippen LogP contribution in [0.5, 0.6) is 17.2 Å². The van der Waals surface area contributed by atoms with Crippen molar-refractivity contribution in [3.8, 4) is 17.2 Å². The Bertz CT molecular complexity index is 1060. The maximum Gasteiger partial charge on any atom is 0.353 e. The maximum atomic E-state index is 11.5. The number of hydrogen-bond donors (Lipinski definition) is 3. The molecule has 0 saturated heterocycles. The number of methoxy groups -OCH3 is 3. The molecule has 0 bridgehead atoms. The molecule has 3 aromatic rings. The van der Waals surface area contributed by atoms with Crippen molar-refractivity contribution in [3.63, 3.8) is 0 Å². The lowest BCUT2D eigenvalue weighted by molar-refractivity contribution is -0.383. The Morgan fingerprint density at radius 3 is 2.20 bits per heavy atom. The van der Waals surface area contributed by atoms with Crippen molar-refractivity contribution in [2.45, 2.75) is 0 Å². The van der Waals surface area contributed by atoms with Gasteiger partial charge in [-0.2, -0.15) is 9.97 Å². The molecule has 1 aromatic heterocycles. The van der Waals surface area contributed by atoms with Crippen LogP contribution >= 0.6 is 0 Å². The van der Waals surface area contributed by atoms with E-state index in [2.05, 4.69) is 20.6 Å². The van der Waals surface area contributed by atoms with Gasteiger partial charge in [0.1, 0.15) is 17.2 Å². The number of ether oxygens (including phenoxy) is 3. The number of nitrogens with two attached hydrogens (primary N) is 1. The summed E-state index contributed by atoms with van der Waals surface area (Å²) >= 11 is 0. The zero-order valence-electron chi connectivity index (χ0n) is 16.5. The smallest absolute Gasteiger partial charge is 0.353 e. The number of nitro groups is 1. The average molecular weight is 412 g/mol. The van der Waals surface area contributed by atoms with Gasteiger partial charge in [0.2, 0.25) is 17.6 Å². The van der Waals surface area contributed by atoms with Crippen molar-refractivity contribution in [1.29, 1.82) is 0 Å². The number of rotatable bonds is 8. The molecule has 4 N–H and O–H groups in total. The molecule has 0 aliphatic heterocycles. The summed E-state index contributed by atoms with van der Waals surface area (Å²) in [6.07, 6.45) is 0. The molecule has 0 atom stereocenters. The number of nitrogen functional groups attached to an aromatic ring is 1. The number of hydrogen-bond acceptors (Lipinski definition) is 10. The van der Waals surface area contributed by atoms with E-state index in [1.807, 2.05) is 0 Å². The van der Waals surface area contributed by atoms with Crippen LogP contribution in [0.15, 0.2) is 42.5 Å². The van der Waals surface area contributed by atoms with E-state index in [4.69, 9.17) is 19.9 Å². The van der Waals surface area contributed by atoms with E-state index in [9.17, 15) is 10.1 Å². The van der Waals surface area contributed by atoms with Gasteiger partial charge in [-0.1, -0.05) is 0 Å². The van der Waals surface area contributed by atoms with Crippen molar-refractivity contribution in [1.82, 2.24) is 9.97 Å². The van der Waals surface area contributed by atoms with Gasteiger partial charge in [-0.05, 0) is 36.4 Å². The molecule has 0 fully saturated rings. The number of nitrogens with zero attached hydrogens (tertiary/aromatic N) is 3. The molecular weight excluding hydrogens is 392 g/mol. The Hall–Kier alpha value is -4.28. The summed E-state index contributed by atoms with van der Waals surface area (Å²) in [4.78, 5) is 19.1. The Balaban J connectivity index is 2.00. The highest BCUT2D eigenvalue weighted by Crippen LogP contribution is 2.35. The molecule has 0 radical (unpaired) electrons. The van der Waals surface area contributed by atoms with Crippen LogP contribution in [0.2, 0.25) is 0 Å². The van der Waals surface area contributed by atoms with Crippen LogP contribution in [-0.2, 0) is 0 Å². The van der Waals surface area contributed by atoms with Gasteiger partial charge in [0.25, 0.3) is 0 Å². The maximum absolute atomic E-state index is 11.5. The quantitative estimate of drug-likeness (QED) is 0.371. The molecule has 30 heavy (non-hydrogen) atoms. The number of anilines is 5. The summed E-state index contributed by atoms with van der Waals surface area (Å²) in [5.74, 6) is 1.40. The standard InChI is InChI=1S/C19H20N6O5/c1-28-12-6-4-11(5-7-12)21-18-16(25(26)27)17(20)23-19(24-18)22-14-10-13(29-2)8-9-15(14)30-3/h4-10H,1-3H3,(H4,20,21,22,23,24). The first-order valence-electron chi connectivity index (χ1n) is 8.67. The van der Waals surface area contributed by atoms with E-state index in [0.29, 0.717) is 28.6 Å². The third kappa shape index (κ3) is 4.41. The average Bonchev–Trinajstić information content (AvgIpc) is 2.73. The first-order valence-corrected chi connectivity index (χ1v) is 8.67. The third-order valence-corrected chi connectivity index (χ3v) is 4.10. The summed E-state index contributed by atoms with van der Waals surface area (Å²) in [6, 6.07) is 11.9. The van der Waals surface area contributed by atoms with Gasteiger partial charge in [-0.25, -0.2) is 0 Å². The van der Waals surface area contributed by atoms with Gasteiger partial charge >= 0.3 is 5.69 Å². The highest BCUT2D eigenvalue weighted by Gasteiger charge is 2.24. The molecule has 156 valence electrons. The predicted molar refractivity (Wildman–Crippen MR) is 112 cm³/mol. The Kier molecular flexibility index (Phi) is 6.01. The van der Waals surface area contributed by atoms with E-state index in [0.717, 1.165) is 0 Å². The summed E-state index contributed by atoms with van der Waals surface area (Å²) < 4.78 is 15.6. The molecule has 0 unspecified atom stereocenters. The monoisotopic (exact) mass is 412 g/mol. The second-order valence-electron chi connectivity index (χ2n) is 5.93. The number of aromatic nitrogens is 2. The molecule has 3 rings (SSSR count). The number of benzene rings is 2. The molecule has 0 spiro atoms. The van der Waals surface area contributed by atoms with E-state index < -0.39 is 10.6 Å². The highest BCUT2D eigenvalue weighted by molar-refractivity contribution is 5.76. The van der Waals surface area contributed by atoms with E-state index >= 15 is 0 Å². The summed E-state index contributed by atoms with van der Waals surface area (Å²) in [5, 5.41) is 17.4. The normalized spacial score (nSPS) is 10.2. The zero-order chi connectivity index (χ0) is 21.7. The van der Waals surface area contributed by atoms with Gasteiger partial charge in [0.05, 0.1) is 31.9 Å². The topological polar surface area (TPSA) is 147 Å². The lowest BCUT2D eigenvalue weighted by atomic mass is 10.2. The molecule has 11 nitrogen and oxygen atoms in total. The second kappa shape index (κ2) is 8.82. The summed E-state index contributed by atoms with van der Waals surface area (Å²) in [7, 11) is 4.58. The minimum absolute atomic E-state index is 0.0423. The predicted octanol–water partition coefficient (Wildman–Crippen LogP) is 3.48. The van der Waals surface area contributed by atoms with Gasteiger partial charge in [-0.3, -0.25) is 10.1 Å². The molecule has 2 aromatic carbocycles. The molecule has 0 aliphatic rings. The van der Waals surface area contributed by atoms with Crippen LogP contribution in [0.4, 0.5) is 34.6 Å². The van der Waals surface area contributed by atoms with Crippen LogP contribution in [0, 0.1) is 10.1 Å². The van der Waals surface area contributed by atoms with E-state index in [1.54, 1.807) is 49.6 Å². The Labute approximate surface area is 172 Å². The van der Waals surface area contributed by atoms with Crippen molar-refractivity contribution >= 4 is 34.6 Å². The van der Waals surface area contributed by atoms with Gasteiger partial charge in [0.15, 0.2) is 0 Å². The van der Waals surface area contributed by atoms with Crippen molar-refractivity contribution in [3.05, 3.63) is 52.6 Å². The van der Waals surface area contributed by atoms with Crippen LogP contribution < -0.4 is 30.6 Å². The van der Waals surface area contributed by atoms with Crippen LogP contribution in [0.1, 0.15) is 0 Å². The third-order valence-electron chi connectivity index (χ3n) is 4.10. The number of nitrogens with one attached hydrogen (secondary N) is 2. The van der Waals surface area contributed by atoms with Crippen LogP contribution in [-0.4, -0.2) is 36.2 Å². The fourth-order valence-electron chi connectivity index (χ4n) is 2.64.